The van der Waals surface area contributed by atoms with Crippen molar-refractivity contribution in [1.29, 1.82) is 0 Å². The molecule has 10 heteroatoms. The molecule has 0 N–H and O–H groups in total. The molecule has 0 radical (unpaired) electrons. The van der Waals surface area contributed by atoms with Crippen LogP contribution in [0.2, 0.25) is 0 Å². The number of alkyl halides is 3. The Kier molecular flexibility index (Phi) is 6.89. The van der Waals surface area contributed by atoms with Crippen LogP contribution >= 0.6 is 0 Å². The average molecular weight is 445 g/mol. The molecular formula is C20H22F3NO5S. The molecule has 0 bridgehead atoms. The number of halogens is 3. The quantitative estimate of drug-likeness (QED) is 0.650. The first-order chi connectivity index (χ1) is 14.2. The number of para-hydroxylation sites is 2. The summed E-state index contributed by atoms with van der Waals surface area (Å²) in [5.74, 6) is 0.851. The maximum absolute atomic E-state index is 13.0. The van der Waals surface area contributed by atoms with Crippen molar-refractivity contribution in [2.75, 3.05) is 26.3 Å². The Morgan fingerprint density at radius 2 is 1.73 bits per heavy atom. The van der Waals surface area contributed by atoms with E-state index in [1.54, 1.807) is 54.6 Å². The van der Waals surface area contributed by atoms with Crippen LogP contribution in [-0.4, -0.2) is 50.6 Å². The smallest absolute Gasteiger partial charge is 0.490 e. The Morgan fingerprint density at radius 3 is 2.37 bits per heavy atom. The lowest BCUT2D eigenvalue weighted by Crippen LogP contribution is -2.51. The van der Waals surface area contributed by atoms with E-state index in [0.29, 0.717) is 28.0 Å². The van der Waals surface area contributed by atoms with E-state index in [-0.39, 0.29) is 13.2 Å². The van der Waals surface area contributed by atoms with Crippen LogP contribution in [0.1, 0.15) is 18.6 Å². The first kappa shape index (κ1) is 22.4. The summed E-state index contributed by atoms with van der Waals surface area (Å²) in [6.45, 7) is 1.16. The minimum atomic E-state index is -5.46. The molecule has 0 saturated carbocycles. The highest BCUT2D eigenvalue weighted by Crippen LogP contribution is 2.36. The highest BCUT2D eigenvalue weighted by Gasteiger charge is 2.51. The lowest BCUT2D eigenvalue weighted by molar-refractivity contribution is -0.0774. The van der Waals surface area contributed by atoms with Gasteiger partial charge in [0, 0.05) is 13.1 Å². The number of sulfonamides is 1. The van der Waals surface area contributed by atoms with E-state index in [1.165, 1.54) is 0 Å². The van der Waals surface area contributed by atoms with Crippen molar-refractivity contribution in [2.45, 2.75) is 24.6 Å². The second-order valence-corrected chi connectivity index (χ2v) is 8.48. The van der Waals surface area contributed by atoms with Gasteiger partial charge in [-0.3, -0.25) is 0 Å². The number of ether oxygens (including phenoxy) is 3. The van der Waals surface area contributed by atoms with Crippen LogP contribution < -0.4 is 9.47 Å². The maximum Gasteiger partial charge on any atom is 0.511 e. The lowest BCUT2D eigenvalue weighted by Gasteiger charge is -2.36. The van der Waals surface area contributed by atoms with Crippen LogP contribution in [-0.2, 0) is 14.8 Å². The Balaban J connectivity index is 1.92. The Bertz CT molecular complexity index is 937. The van der Waals surface area contributed by atoms with Crippen LogP contribution in [0.3, 0.4) is 0 Å². The van der Waals surface area contributed by atoms with Crippen molar-refractivity contribution in [3.05, 3.63) is 60.2 Å². The fourth-order valence-electron chi connectivity index (χ4n) is 3.16. The van der Waals surface area contributed by atoms with Crippen LogP contribution in [0.5, 0.6) is 11.5 Å². The van der Waals surface area contributed by atoms with Gasteiger partial charge in [-0.1, -0.05) is 42.5 Å². The van der Waals surface area contributed by atoms with Gasteiger partial charge in [0.05, 0.1) is 13.2 Å². The monoisotopic (exact) mass is 445 g/mol. The molecule has 2 aromatic rings. The highest BCUT2D eigenvalue weighted by molar-refractivity contribution is 7.90. The molecule has 1 heterocycles. The lowest BCUT2D eigenvalue weighted by atomic mass is 10.0. The average Bonchev–Trinajstić information content (AvgIpc) is 2.73. The van der Waals surface area contributed by atoms with Crippen molar-refractivity contribution in [1.82, 2.24) is 4.31 Å². The molecule has 1 aliphatic rings. The Hall–Kier alpha value is -2.30. The van der Waals surface area contributed by atoms with E-state index in [2.05, 4.69) is 0 Å². The summed E-state index contributed by atoms with van der Waals surface area (Å²) in [4.78, 5) is 0. The molecule has 30 heavy (non-hydrogen) atoms. The summed E-state index contributed by atoms with van der Waals surface area (Å²) in [7, 11) is -5.46. The number of morpholine rings is 1. The highest BCUT2D eigenvalue weighted by atomic mass is 32.2. The number of hydrogen-bond donors (Lipinski definition) is 0. The van der Waals surface area contributed by atoms with Crippen molar-refractivity contribution in [3.8, 4) is 11.5 Å². The van der Waals surface area contributed by atoms with Gasteiger partial charge in [-0.25, -0.2) is 8.42 Å². The minimum absolute atomic E-state index is 0.181. The van der Waals surface area contributed by atoms with E-state index in [1.807, 2.05) is 6.92 Å². The molecule has 0 aliphatic carbocycles. The van der Waals surface area contributed by atoms with Crippen molar-refractivity contribution in [2.24, 2.45) is 0 Å². The van der Waals surface area contributed by atoms with E-state index in [0.717, 1.165) is 0 Å². The zero-order chi connectivity index (χ0) is 21.8. The molecule has 2 aromatic carbocycles. The van der Waals surface area contributed by atoms with Gasteiger partial charge in [-0.15, -0.1) is 0 Å². The van der Waals surface area contributed by atoms with Gasteiger partial charge in [0.1, 0.15) is 6.10 Å². The number of nitrogens with zero attached hydrogens (tertiary/aromatic N) is 1. The van der Waals surface area contributed by atoms with Crippen LogP contribution in [0.15, 0.2) is 54.6 Å². The van der Waals surface area contributed by atoms with E-state index >= 15 is 0 Å². The molecule has 1 aliphatic heterocycles. The fourth-order valence-corrected chi connectivity index (χ4v) is 4.11. The molecule has 6 nitrogen and oxygen atoms in total. The van der Waals surface area contributed by atoms with Crippen molar-refractivity contribution >= 4 is 10.0 Å². The van der Waals surface area contributed by atoms with Crippen LogP contribution in [0.4, 0.5) is 13.2 Å². The summed E-state index contributed by atoms with van der Waals surface area (Å²) in [6, 6.07) is 15.7. The third-order valence-electron chi connectivity index (χ3n) is 4.56. The van der Waals surface area contributed by atoms with Gasteiger partial charge in [-0.05, 0) is 24.6 Å². The Labute approximate surface area is 173 Å². The zero-order valence-electron chi connectivity index (χ0n) is 16.2. The SMILES string of the molecule is CCOc1ccccc1O[C@@H](c1ccccc1)[C@@H]1CN(S(=O)(=O)C(F)(F)F)CCO1. The van der Waals surface area contributed by atoms with Gasteiger partial charge in [-0.2, -0.15) is 17.5 Å². The zero-order valence-corrected chi connectivity index (χ0v) is 17.0. The third-order valence-corrected chi connectivity index (χ3v) is 6.15. The molecule has 0 aromatic heterocycles. The molecule has 0 amide bonds. The predicted molar refractivity (Wildman–Crippen MR) is 104 cm³/mol. The summed E-state index contributed by atoms with van der Waals surface area (Å²) < 4.78 is 80.6. The number of hydrogen-bond acceptors (Lipinski definition) is 5. The van der Waals surface area contributed by atoms with Crippen molar-refractivity contribution < 1.29 is 35.8 Å². The second-order valence-electron chi connectivity index (χ2n) is 6.55. The van der Waals surface area contributed by atoms with Gasteiger partial charge in [0.15, 0.2) is 17.6 Å². The molecule has 0 unspecified atom stereocenters. The molecular weight excluding hydrogens is 423 g/mol. The molecule has 0 spiro atoms. The topological polar surface area (TPSA) is 65.1 Å². The van der Waals surface area contributed by atoms with Gasteiger partial charge < -0.3 is 14.2 Å². The fraction of sp³-hybridized carbons (Fsp3) is 0.400. The summed E-state index contributed by atoms with van der Waals surface area (Å²) in [5.41, 5.74) is -4.74. The standard InChI is InChI=1S/C20H22F3NO5S/c1-2-27-16-10-6-7-11-17(16)29-19(15-8-4-3-5-9-15)18-14-24(12-13-28-18)30(25,26)20(21,22)23/h3-11,18-19H,2,12-14H2,1H3/t18-,19-/m0/s1. The summed E-state index contributed by atoms with van der Waals surface area (Å²) in [5, 5.41) is 0. The normalized spacial score (nSPS) is 19.3. The number of benzene rings is 2. The maximum atomic E-state index is 13.0. The minimum Gasteiger partial charge on any atom is -0.490 e. The molecule has 2 atom stereocenters. The first-order valence-electron chi connectivity index (χ1n) is 9.35. The molecule has 164 valence electrons. The molecule has 3 rings (SSSR count). The van der Waals surface area contributed by atoms with Gasteiger partial charge >= 0.3 is 15.5 Å². The largest absolute Gasteiger partial charge is 0.511 e. The molecule has 1 saturated heterocycles. The third kappa shape index (κ3) is 4.88. The van der Waals surface area contributed by atoms with E-state index in [9.17, 15) is 21.6 Å². The van der Waals surface area contributed by atoms with Gasteiger partial charge in [0.2, 0.25) is 0 Å². The number of rotatable bonds is 7. The summed E-state index contributed by atoms with van der Waals surface area (Å²) >= 11 is 0. The summed E-state index contributed by atoms with van der Waals surface area (Å²) in [6.07, 6.45) is -1.80. The Morgan fingerprint density at radius 1 is 1.10 bits per heavy atom. The van der Waals surface area contributed by atoms with Crippen molar-refractivity contribution in [3.63, 3.8) is 0 Å². The second kappa shape index (κ2) is 9.23. The van der Waals surface area contributed by atoms with E-state index in [4.69, 9.17) is 14.2 Å². The van der Waals surface area contributed by atoms with Crippen LogP contribution in [0, 0.1) is 0 Å². The predicted octanol–water partition coefficient (Wildman–Crippen LogP) is 3.76. The first-order valence-corrected chi connectivity index (χ1v) is 10.8. The van der Waals surface area contributed by atoms with Gasteiger partial charge in [0.25, 0.3) is 0 Å². The van der Waals surface area contributed by atoms with Crippen LogP contribution in [0.25, 0.3) is 0 Å². The van der Waals surface area contributed by atoms with E-state index < -0.39 is 34.3 Å². The molecule has 1 fully saturated rings.